The Morgan fingerprint density at radius 3 is 2.44 bits per heavy atom. The molecule has 2 amide bonds. The Morgan fingerprint density at radius 1 is 0.971 bits per heavy atom. The van der Waals surface area contributed by atoms with E-state index in [4.69, 9.17) is 4.52 Å². The number of halogens is 4. The van der Waals surface area contributed by atoms with Gasteiger partial charge in [0.25, 0.3) is 5.91 Å². The molecule has 34 heavy (non-hydrogen) atoms. The summed E-state index contributed by atoms with van der Waals surface area (Å²) in [6.45, 7) is -0.407. The van der Waals surface area contributed by atoms with Crippen molar-refractivity contribution in [3.05, 3.63) is 77.5 Å². The molecular formula is C21H16F4N6O3. The zero-order chi connectivity index (χ0) is 24.3. The number of benzene rings is 2. The number of imidazole rings is 1. The van der Waals surface area contributed by atoms with Gasteiger partial charge in [0.15, 0.2) is 5.82 Å². The van der Waals surface area contributed by atoms with Gasteiger partial charge in [-0.15, -0.1) is 0 Å². The molecule has 0 aliphatic heterocycles. The molecule has 0 unspecified atom stereocenters. The van der Waals surface area contributed by atoms with Gasteiger partial charge >= 0.3 is 18.0 Å². The van der Waals surface area contributed by atoms with Crippen LogP contribution in [0.1, 0.15) is 32.7 Å². The minimum Gasteiger partial charge on any atom is -0.350 e. The summed E-state index contributed by atoms with van der Waals surface area (Å²) < 4.78 is 59.2. The van der Waals surface area contributed by atoms with Crippen molar-refractivity contribution in [1.82, 2.24) is 30.3 Å². The van der Waals surface area contributed by atoms with Gasteiger partial charge in [0.1, 0.15) is 5.82 Å². The van der Waals surface area contributed by atoms with Crippen molar-refractivity contribution in [2.45, 2.75) is 12.7 Å². The van der Waals surface area contributed by atoms with Crippen LogP contribution in [0, 0.1) is 5.82 Å². The molecule has 2 heterocycles. The number of hydrogen-bond acceptors (Lipinski definition) is 6. The van der Waals surface area contributed by atoms with Crippen LogP contribution in [0.4, 0.5) is 17.6 Å². The normalized spacial score (nSPS) is 11.5. The molecule has 0 fully saturated rings. The molecule has 13 heteroatoms. The monoisotopic (exact) mass is 476 g/mol. The van der Waals surface area contributed by atoms with Gasteiger partial charge in [-0.1, -0.05) is 23.4 Å². The fourth-order valence-corrected chi connectivity index (χ4v) is 3.16. The Kier molecular flexibility index (Phi) is 6.25. The molecule has 0 bridgehead atoms. The zero-order valence-corrected chi connectivity index (χ0v) is 17.3. The number of para-hydroxylation sites is 2. The molecule has 0 aliphatic rings. The van der Waals surface area contributed by atoms with Crippen LogP contribution in [0.25, 0.3) is 11.0 Å². The van der Waals surface area contributed by atoms with Gasteiger partial charge in [-0.3, -0.25) is 9.59 Å². The molecule has 2 aromatic carbocycles. The second-order valence-electron chi connectivity index (χ2n) is 7.05. The van der Waals surface area contributed by atoms with Gasteiger partial charge in [0, 0.05) is 18.7 Å². The number of fused-ring (bicyclic) bond motifs is 1. The third kappa shape index (κ3) is 5.03. The Balaban J connectivity index is 1.36. The maximum Gasteiger partial charge on any atom is 0.449 e. The van der Waals surface area contributed by atoms with Gasteiger partial charge < -0.3 is 19.7 Å². The maximum atomic E-state index is 13.4. The van der Waals surface area contributed by atoms with E-state index in [1.165, 1.54) is 30.3 Å². The van der Waals surface area contributed by atoms with Crippen molar-refractivity contribution in [2.24, 2.45) is 0 Å². The first-order chi connectivity index (χ1) is 16.2. The molecule has 0 atom stereocenters. The lowest BCUT2D eigenvalue weighted by molar-refractivity contribution is -0.146. The SMILES string of the molecule is O=C(NCCNC(=O)c1nc(Cn2c(C(F)(F)F)nc3ccccc32)no1)c1cccc(F)c1. The van der Waals surface area contributed by atoms with Crippen molar-refractivity contribution in [1.29, 1.82) is 0 Å². The van der Waals surface area contributed by atoms with Crippen molar-refractivity contribution in [3.63, 3.8) is 0 Å². The molecule has 2 aromatic heterocycles. The van der Waals surface area contributed by atoms with E-state index in [2.05, 4.69) is 25.8 Å². The number of nitrogens with one attached hydrogen (secondary N) is 2. The smallest absolute Gasteiger partial charge is 0.350 e. The van der Waals surface area contributed by atoms with Crippen LogP contribution >= 0.6 is 0 Å². The van der Waals surface area contributed by atoms with Gasteiger partial charge in [0.05, 0.1) is 17.6 Å². The Hall–Kier alpha value is -4.29. The Morgan fingerprint density at radius 2 is 1.71 bits per heavy atom. The quantitative estimate of drug-likeness (QED) is 0.313. The van der Waals surface area contributed by atoms with Crippen molar-refractivity contribution < 1.29 is 31.7 Å². The summed E-state index contributed by atoms with van der Waals surface area (Å²) in [5.74, 6) is -3.59. The Bertz CT molecular complexity index is 1350. The van der Waals surface area contributed by atoms with E-state index < -0.39 is 42.1 Å². The van der Waals surface area contributed by atoms with E-state index >= 15 is 0 Å². The summed E-state index contributed by atoms with van der Waals surface area (Å²) in [6.07, 6.45) is -4.71. The topological polar surface area (TPSA) is 115 Å². The average molecular weight is 476 g/mol. The van der Waals surface area contributed by atoms with Crippen LogP contribution in [0.3, 0.4) is 0 Å². The van der Waals surface area contributed by atoms with E-state index in [0.717, 1.165) is 10.6 Å². The largest absolute Gasteiger partial charge is 0.449 e. The van der Waals surface area contributed by atoms with Crippen LogP contribution in [0.2, 0.25) is 0 Å². The first-order valence-electron chi connectivity index (χ1n) is 9.89. The van der Waals surface area contributed by atoms with Crippen molar-refractivity contribution in [2.75, 3.05) is 13.1 Å². The molecule has 9 nitrogen and oxygen atoms in total. The number of carbonyl (C=O) groups excluding carboxylic acids is 2. The summed E-state index contributed by atoms with van der Waals surface area (Å²) in [5, 5.41) is 8.51. The molecule has 176 valence electrons. The number of rotatable bonds is 7. The summed E-state index contributed by atoms with van der Waals surface area (Å²) in [6, 6.07) is 11.2. The lowest BCUT2D eigenvalue weighted by Crippen LogP contribution is -2.34. The predicted molar refractivity (Wildman–Crippen MR) is 109 cm³/mol. The minimum absolute atomic E-state index is 0.0119. The van der Waals surface area contributed by atoms with Crippen molar-refractivity contribution in [3.8, 4) is 0 Å². The first kappa shape index (κ1) is 22.9. The highest BCUT2D eigenvalue weighted by atomic mass is 19.4. The molecule has 0 radical (unpaired) electrons. The lowest BCUT2D eigenvalue weighted by atomic mass is 10.2. The van der Waals surface area contributed by atoms with Crippen LogP contribution in [0.15, 0.2) is 53.1 Å². The van der Waals surface area contributed by atoms with E-state index in [0.29, 0.717) is 0 Å². The van der Waals surface area contributed by atoms with Crippen LogP contribution in [0.5, 0.6) is 0 Å². The highest BCUT2D eigenvalue weighted by Gasteiger charge is 2.38. The molecular weight excluding hydrogens is 460 g/mol. The number of nitrogens with zero attached hydrogens (tertiary/aromatic N) is 4. The van der Waals surface area contributed by atoms with Crippen LogP contribution < -0.4 is 10.6 Å². The third-order valence-corrected chi connectivity index (χ3v) is 4.65. The molecule has 4 aromatic rings. The van der Waals surface area contributed by atoms with Crippen molar-refractivity contribution >= 4 is 22.8 Å². The summed E-state index contributed by atoms with van der Waals surface area (Å²) >= 11 is 0. The summed E-state index contributed by atoms with van der Waals surface area (Å²) in [4.78, 5) is 31.6. The second kappa shape index (κ2) is 9.29. The van der Waals surface area contributed by atoms with E-state index in [9.17, 15) is 27.2 Å². The van der Waals surface area contributed by atoms with E-state index in [-0.39, 0.29) is 35.5 Å². The van der Waals surface area contributed by atoms with Crippen LogP contribution in [-0.2, 0) is 12.7 Å². The number of alkyl halides is 3. The molecule has 0 saturated heterocycles. The zero-order valence-electron chi connectivity index (χ0n) is 17.3. The molecule has 4 rings (SSSR count). The van der Waals surface area contributed by atoms with Gasteiger partial charge in [-0.2, -0.15) is 18.2 Å². The third-order valence-electron chi connectivity index (χ3n) is 4.65. The fourth-order valence-electron chi connectivity index (χ4n) is 3.16. The summed E-state index contributed by atoms with van der Waals surface area (Å²) in [5.41, 5.74) is 0.495. The van der Waals surface area contributed by atoms with E-state index in [1.54, 1.807) is 12.1 Å². The van der Waals surface area contributed by atoms with Gasteiger partial charge in [0.2, 0.25) is 5.82 Å². The minimum atomic E-state index is -4.71. The number of carbonyl (C=O) groups is 2. The second-order valence-corrected chi connectivity index (χ2v) is 7.05. The van der Waals surface area contributed by atoms with E-state index in [1.807, 2.05) is 0 Å². The summed E-state index contributed by atoms with van der Waals surface area (Å²) in [7, 11) is 0. The highest BCUT2D eigenvalue weighted by molar-refractivity contribution is 5.94. The molecule has 0 aliphatic carbocycles. The average Bonchev–Trinajstić information content (AvgIpc) is 3.42. The number of aromatic nitrogens is 4. The van der Waals surface area contributed by atoms with Crippen LogP contribution in [-0.4, -0.2) is 44.6 Å². The standard InChI is InChI=1S/C21H16F4N6O3/c22-13-5-3-4-12(10-13)17(32)26-8-9-27-18(33)19-29-16(30-34-19)11-31-15-7-2-1-6-14(15)28-20(31)21(23,24)25/h1-7,10H,8-9,11H2,(H,26,32)(H,27,33). The lowest BCUT2D eigenvalue weighted by Gasteiger charge is -2.09. The maximum absolute atomic E-state index is 13.4. The van der Waals surface area contributed by atoms with Gasteiger partial charge in [-0.05, 0) is 30.3 Å². The van der Waals surface area contributed by atoms with Gasteiger partial charge in [-0.25, -0.2) is 9.37 Å². The molecule has 2 N–H and O–H groups in total. The fraction of sp³-hybridized carbons (Fsp3) is 0.190. The Labute approximate surface area is 188 Å². The predicted octanol–water partition coefficient (Wildman–Crippen LogP) is 2.79. The number of hydrogen-bond donors (Lipinski definition) is 2. The number of amides is 2. The molecule has 0 spiro atoms. The first-order valence-corrected chi connectivity index (χ1v) is 9.89. The highest BCUT2D eigenvalue weighted by Crippen LogP contribution is 2.31. The molecule has 0 saturated carbocycles.